The van der Waals surface area contributed by atoms with Crippen molar-refractivity contribution in [3.8, 4) is 0 Å². The second-order valence-electron chi connectivity index (χ2n) is 20.1. The van der Waals surface area contributed by atoms with Crippen molar-refractivity contribution in [1.29, 1.82) is 0 Å². The van der Waals surface area contributed by atoms with E-state index < -0.39 is 47.4 Å². The van der Waals surface area contributed by atoms with Gasteiger partial charge in [-0.15, -0.1) is 23.1 Å². The number of pyridine rings is 1. The van der Waals surface area contributed by atoms with E-state index in [0.29, 0.717) is 55.0 Å². The first-order valence-electron chi connectivity index (χ1n) is 23.0. The molecule has 5 fully saturated rings. The third-order valence-corrected chi connectivity index (χ3v) is 18.4. The quantitative estimate of drug-likeness (QED) is 0.0726. The van der Waals surface area contributed by atoms with Crippen molar-refractivity contribution in [1.82, 2.24) is 10.2 Å². The normalized spacial score (nSPS) is 34.9. The summed E-state index contributed by atoms with van der Waals surface area (Å²) in [6.45, 7) is 14.7. The van der Waals surface area contributed by atoms with E-state index in [4.69, 9.17) is 4.74 Å². The Balaban J connectivity index is 0.000000223. The van der Waals surface area contributed by atoms with Crippen LogP contribution < -0.4 is 49.7 Å². The summed E-state index contributed by atoms with van der Waals surface area (Å²) < 4.78 is 7.70. The molecule has 4 aliphatic carbocycles. The summed E-state index contributed by atoms with van der Waals surface area (Å²) in [6, 6.07) is 8.59. The Morgan fingerprint density at radius 3 is 2.33 bits per heavy atom. The molecule has 6 aliphatic rings. The summed E-state index contributed by atoms with van der Waals surface area (Å²) in [5.41, 5.74) is 1.86. The second kappa shape index (κ2) is 20.7. The molecule has 0 unspecified atom stereocenters. The Kier molecular flexibility index (Phi) is 16.4. The fraction of sp³-hybridized carbons (Fsp3) is 0.600. The number of carbonyl (C=O) groups is 5. The molecular formula is C50H64N3NaO10S2. The molecule has 352 valence electrons. The van der Waals surface area contributed by atoms with Gasteiger partial charge in [0.2, 0.25) is 5.91 Å². The molecule has 12 atom stereocenters. The van der Waals surface area contributed by atoms with Gasteiger partial charge in [0.25, 0.3) is 5.91 Å². The van der Waals surface area contributed by atoms with Gasteiger partial charge in [-0.1, -0.05) is 51.5 Å². The van der Waals surface area contributed by atoms with Crippen molar-refractivity contribution in [3.63, 3.8) is 0 Å². The minimum atomic E-state index is -1.37. The number of rotatable bonds is 11. The number of nitrogens with zero attached hydrogens (tertiary/aromatic N) is 2. The van der Waals surface area contributed by atoms with Crippen LogP contribution in [-0.2, 0) is 41.7 Å². The van der Waals surface area contributed by atoms with E-state index in [0.717, 1.165) is 36.1 Å². The Bertz CT molecular complexity index is 2260. The van der Waals surface area contributed by atoms with Gasteiger partial charge in [0, 0.05) is 35.3 Å². The molecule has 3 N–H and O–H groups in total. The molecule has 0 aromatic carbocycles. The molecular weight excluding hydrogens is 890 g/mol. The molecule has 0 radical (unpaired) electrons. The summed E-state index contributed by atoms with van der Waals surface area (Å²) in [4.78, 5) is 63.5. The van der Waals surface area contributed by atoms with Crippen molar-refractivity contribution in [3.05, 3.63) is 87.0 Å². The summed E-state index contributed by atoms with van der Waals surface area (Å²) in [5.74, 6) is -2.82. The fourth-order valence-electron chi connectivity index (χ4n) is 13.1. The van der Waals surface area contributed by atoms with E-state index in [1.165, 1.54) is 34.9 Å². The zero-order valence-electron chi connectivity index (χ0n) is 39.5. The van der Waals surface area contributed by atoms with Gasteiger partial charge in [-0.05, 0) is 128 Å². The van der Waals surface area contributed by atoms with Crippen LogP contribution in [0.4, 0.5) is 0 Å². The first-order chi connectivity index (χ1) is 30.7. The van der Waals surface area contributed by atoms with E-state index in [-0.39, 0.29) is 93.3 Å². The van der Waals surface area contributed by atoms with Gasteiger partial charge < -0.3 is 40.1 Å². The number of thioether (sulfide) groups is 1. The molecule has 4 saturated carbocycles. The number of aliphatic hydroxyl groups is 2. The van der Waals surface area contributed by atoms with Crippen LogP contribution in [0.15, 0.2) is 82.2 Å². The number of thiophene rings is 1. The second-order valence-corrected chi connectivity index (χ2v) is 22.3. The number of carboxylic acids is 2. The third-order valence-electron chi connectivity index (χ3n) is 16.2. The molecule has 0 spiro atoms. The van der Waals surface area contributed by atoms with Gasteiger partial charge in [-0.2, -0.15) is 0 Å². The Morgan fingerprint density at radius 1 is 1.00 bits per heavy atom. The number of esters is 1. The molecule has 4 heterocycles. The SMILES string of the molecule is CC(=O)O[C@H]1C[C@@]2(C)[C@@H](C[C@@H](O)[C@H]3[C@@]4(C)CC[C@@H](O)[C@@H](C)[C@@H]4CC[C@@]32C)/C1=C(\CCC=C(C)C)C(=O)[O-].O=C(Cc1cccs1)N[C@@H]1C(=O)N2C(C(=O)[O-])=C(C[n+]3ccccc3)CS[C@H]12.[Na+]. The molecule has 2 amide bonds. The molecule has 13 nitrogen and oxygen atoms in total. The predicted octanol–water partition coefficient (Wildman–Crippen LogP) is 1.02. The number of hydrogen-bond donors (Lipinski definition) is 3. The first-order valence-corrected chi connectivity index (χ1v) is 24.9. The monoisotopic (exact) mass is 953 g/mol. The van der Waals surface area contributed by atoms with Crippen molar-refractivity contribution in [2.24, 2.45) is 39.9 Å². The van der Waals surface area contributed by atoms with Crippen LogP contribution in [0.1, 0.15) is 105 Å². The number of hydrogen-bond acceptors (Lipinski definition) is 12. The maximum absolute atomic E-state index is 12.6. The first kappa shape index (κ1) is 52.1. The third kappa shape index (κ3) is 9.78. The van der Waals surface area contributed by atoms with Gasteiger partial charge in [0.05, 0.1) is 36.3 Å². The molecule has 8 rings (SSSR count). The minimum absolute atomic E-state index is 0. The van der Waals surface area contributed by atoms with Gasteiger partial charge in [0.1, 0.15) is 17.5 Å². The fourth-order valence-corrected chi connectivity index (χ4v) is 15.2. The van der Waals surface area contributed by atoms with Gasteiger partial charge in [0.15, 0.2) is 18.9 Å². The number of carbonyl (C=O) groups excluding carboxylic acids is 5. The average molecular weight is 954 g/mol. The minimum Gasteiger partial charge on any atom is -0.545 e. The molecule has 16 heteroatoms. The average Bonchev–Trinajstić information content (AvgIpc) is 3.85. The van der Waals surface area contributed by atoms with E-state index >= 15 is 0 Å². The number of ether oxygens (including phenoxy) is 1. The Hall–Kier alpha value is -3.31. The van der Waals surface area contributed by atoms with Crippen LogP contribution in [0.2, 0.25) is 0 Å². The smallest absolute Gasteiger partial charge is 0.545 e. The number of β-lactam (4-membered cyclic amide) rings is 1. The van der Waals surface area contributed by atoms with Crippen LogP contribution in [-0.4, -0.2) is 80.3 Å². The number of amides is 2. The molecule has 1 saturated heterocycles. The van der Waals surface area contributed by atoms with Crippen LogP contribution in [0.25, 0.3) is 0 Å². The number of allylic oxidation sites excluding steroid dienone is 2. The van der Waals surface area contributed by atoms with Crippen LogP contribution in [0, 0.1) is 39.9 Å². The predicted molar refractivity (Wildman–Crippen MR) is 242 cm³/mol. The zero-order valence-corrected chi connectivity index (χ0v) is 43.2. The maximum atomic E-state index is 12.6. The summed E-state index contributed by atoms with van der Waals surface area (Å²) >= 11 is 2.93. The number of carboxylic acid groups (broad SMARTS) is 2. The number of fused-ring (bicyclic) bond motifs is 6. The van der Waals surface area contributed by atoms with E-state index in [2.05, 4.69) is 33.0 Å². The van der Waals surface area contributed by atoms with Gasteiger partial charge in [-0.25, -0.2) is 4.57 Å². The molecule has 2 aliphatic heterocycles. The van der Waals surface area contributed by atoms with E-state index in [1.807, 2.05) is 72.6 Å². The van der Waals surface area contributed by atoms with Crippen LogP contribution in [0.5, 0.6) is 0 Å². The zero-order chi connectivity index (χ0) is 47.2. The van der Waals surface area contributed by atoms with Crippen LogP contribution >= 0.6 is 23.1 Å². The van der Waals surface area contributed by atoms with Crippen molar-refractivity contribution in [2.45, 2.75) is 143 Å². The standard InChI is InChI=1S/C31H48O6.C19H17N3O4S2.Na/c1-17(2)9-8-10-20(28(35)36)26-22-15-24(34)27-29(5)13-12-23(33)18(3)21(29)11-14-30(27,6)31(22,7)16-25(26)37-19(4)32;23-14(9-13-5-4-8-27-13)20-15-17(24)22-16(19(25)26)12(11-28-18(15)22)10-21-6-2-1-3-7-21;/h9,18,21-25,27,33-34H,8,10-16H2,1-7H3,(H,35,36);1-8,15,18H,9-11H2,(H-,20,23,25,26);/q;;+1/p-1/b26-20-;;/t18-,21-,22-,23+,24+,25-,27-,29-,30-,31-;15-,18-;/m01./s1. The van der Waals surface area contributed by atoms with E-state index in [1.54, 1.807) is 0 Å². The molecule has 66 heavy (non-hydrogen) atoms. The molecule has 2 aromatic heterocycles. The summed E-state index contributed by atoms with van der Waals surface area (Å²) in [5, 5.41) is 51.0. The number of aromatic nitrogens is 1. The summed E-state index contributed by atoms with van der Waals surface area (Å²) in [6.07, 6.45) is 9.80. The Morgan fingerprint density at radius 2 is 1.71 bits per heavy atom. The van der Waals surface area contributed by atoms with Gasteiger partial charge >= 0.3 is 35.5 Å². The van der Waals surface area contributed by atoms with Crippen molar-refractivity contribution < 1.29 is 83.3 Å². The van der Waals surface area contributed by atoms with Crippen molar-refractivity contribution in [2.75, 3.05) is 5.75 Å². The summed E-state index contributed by atoms with van der Waals surface area (Å²) in [7, 11) is 0. The van der Waals surface area contributed by atoms with E-state index in [9.17, 15) is 44.4 Å². The maximum Gasteiger partial charge on any atom is 1.00 e. The topological polar surface area (TPSA) is 200 Å². The Labute approximate surface area is 418 Å². The number of aliphatic carboxylic acids is 2. The largest absolute Gasteiger partial charge is 1.00 e. The number of aliphatic hydroxyl groups excluding tert-OH is 2. The molecule has 0 bridgehead atoms. The van der Waals surface area contributed by atoms with Crippen molar-refractivity contribution >= 4 is 52.8 Å². The van der Waals surface area contributed by atoms with Gasteiger partial charge in [-0.3, -0.25) is 19.3 Å². The molecule has 2 aromatic rings. The van der Waals surface area contributed by atoms with Crippen LogP contribution in [0.3, 0.4) is 0 Å². The number of nitrogens with one attached hydrogen (secondary N) is 1.